The first-order valence-corrected chi connectivity index (χ1v) is 10.1. The second-order valence-corrected chi connectivity index (χ2v) is 8.49. The van der Waals surface area contributed by atoms with Crippen molar-refractivity contribution in [2.24, 2.45) is 0 Å². The topological polar surface area (TPSA) is 67.8 Å². The standard InChI is InChI=1S/C22H22ClNO4/c23-17-3-2-14(19-10-16(25)11-22(28-19)5-6-22)9-15(17)7-13-1-4-18-20(8-13)27-12-21(26)24-18/h1-4,8-9,16,19,25H,5-7,10-12H2,(H,24,26)/t16-,19-/m1/s1. The van der Waals surface area contributed by atoms with Crippen LogP contribution in [0.2, 0.25) is 5.02 Å². The monoisotopic (exact) mass is 399 g/mol. The number of carbonyl (C=O) groups excluding carboxylic acids is 1. The summed E-state index contributed by atoms with van der Waals surface area (Å²) in [6.45, 7) is 0.0375. The fraction of sp³-hybridized carbons (Fsp3) is 0.409. The van der Waals surface area contributed by atoms with Gasteiger partial charge in [-0.1, -0.05) is 29.8 Å². The summed E-state index contributed by atoms with van der Waals surface area (Å²) in [7, 11) is 0. The molecule has 0 aromatic heterocycles. The number of amides is 1. The van der Waals surface area contributed by atoms with Crippen LogP contribution in [0.1, 0.15) is 48.5 Å². The molecule has 2 aliphatic heterocycles. The predicted molar refractivity (Wildman–Crippen MR) is 106 cm³/mol. The second-order valence-electron chi connectivity index (χ2n) is 8.08. The summed E-state index contributed by atoms with van der Waals surface area (Å²) >= 11 is 6.47. The number of ether oxygens (including phenoxy) is 2. The van der Waals surface area contributed by atoms with Crippen LogP contribution in [0.25, 0.3) is 0 Å². The molecule has 0 bridgehead atoms. The maximum Gasteiger partial charge on any atom is 0.262 e. The van der Waals surface area contributed by atoms with Gasteiger partial charge < -0.3 is 19.9 Å². The van der Waals surface area contributed by atoms with Crippen LogP contribution < -0.4 is 10.1 Å². The van der Waals surface area contributed by atoms with Gasteiger partial charge in [0.2, 0.25) is 0 Å². The largest absolute Gasteiger partial charge is 0.482 e. The van der Waals surface area contributed by atoms with Crippen LogP contribution >= 0.6 is 11.6 Å². The number of halogens is 1. The molecular weight excluding hydrogens is 378 g/mol. The van der Waals surface area contributed by atoms with E-state index in [0.29, 0.717) is 29.3 Å². The van der Waals surface area contributed by atoms with E-state index in [0.717, 1.165) is 36.0 Å². The lowest BCUT2D eigenvalue weighted by molar-refractivity contribution is -0.118. The zero-order chi connectivity index (χ0) is 19.3. The summed E-state index contributed by atoms with van der Waals surface area (Å²) in [6.07, 6.45) is 3.68. The number of nitrogens with one attached hydrogen (secondary N) is 1. The molecule has 1 aliphatic carbocycles. The van der Waals surface area contributed by atoms with E-state index in [9.17, 15) is 9.90 Å². The lowest BCUT2D eigenvalue weighted by Crippen LogP contribution is -2.32. The number of hydrogen-bond acceptors (Lipinski definition) is 4. The van der Waals surface area contributed by atoms with Gasteiger partial charge in [-0.15, -0.1) is 0 Å². The Balaban J connectivity index is 1.38. The number of hydrogen-bond donors (Lipinski definition) is 2. The van der Waals surface area contributed by atoms with E-state index in [-0.39, 0.29) is 30.3 Å². The molecule has 0 radical (unpaired) electrons. The van der Waals surface area contributed by atoms with Crippen molar-refractivity contribution in [1.82, 2.24) is 0 Å². The highest BCUT2D eigenvalue weighted by atomic mass is 35.5. The fourth-order valence-electron chi connectivity index (χ4n) is 4.20. The summed E-state index contributed by atoms with van der Waals surface area (Å²) in [4.78, 5) is 11.4. The van der Waals surface area contributed by atoms with E-state index in [2.05, 4.69) is 11.4 Å². The number of aliphatic hydroxyl groups excluding tert-OH is 1. The summed E-state index contributed by atoms with van der Waals surface area (Å²) < 4.78 is 11.8. The number of carbonyl (C=O) groups is 1. The molecule has 2 atom stereocenters. The highest BCUT2D eigenvalue weighted by molar-refractivity contribution is 6.31. The van der Waals surface area contributed by atoms with Crippen molar-refractivity contribution < 1.29 is 19.4 Å². The fourth-order valence-corrected chi connectivity index (χ4v) is 4.39. The zero-order valence-corrected chi connectivity index (χ0v) is 16.2. The number of rotatable bonds is 3. The van der Waals surface area contributed by atoms with Crippen molar-refractivity contribution in [3.05, 3.63) is 58.1 Å². The summed E-state index contributed by atoms with van der Waals surface area (Å²) in [5.41, 5.74) is 3.71. The van der Waals surface area contributed by atoms with E-state index in [4.69, 9.17) is 21.1 Å². The normalized spacial score (nSPS) is 25.0. The third kappa shape index (κ3) is 3.50. The molecule has 3 aliphatic rings. The first-order chi connectivity index (χ1) is 13.5. The van der Waals surface area contributed by atoms with Gasteiger partial charge in [-0.3, -0.25) is 4.79 Å². The minimum atomic E-state index is -0.312. The summed E-state index contributed by atoms with van der Waals surface area (Å²) in [6, 6.07) is 11.8. The molecule has 5 rings (SSSR count). The molecule has 146 valence electrons. The third-order valence-electron chi connectivity index (χ3n) is 5.81. The highest BCUT2D eigenvalue weighted by Gasteiger charge is 2.50. The van der Waals surface area contributed by atoms with E-state index < -0.39 is 0 Å². The molecular formula is C22H22ClNO4. The Morgan fingerprint density at radius 2 is 2.07 bits per heavy atom. The predicted octanol–water partition coefficient (Wildman–Crippen LogP) is 4.01. The molecule has 1 saturated heterocycles. The first kappa shape index (κ1) is 18.0. The van der Waals surface area contributed by atoms with Gasteiger partial charge >= 0.3 is 0 Å². The second kappa shape index (κ2) is 6.76. The van der Waals surface area contributed by atoms with Crippen molar-refractivity contribution in [1.29, 1.82) is 0 Å². The Hall–Kier alpha value is -2.08. The molecule has 1 amide bonds. The van der Waals surface area contributed by atoms with Gasteiger partial charge in [0.1, 0.15) is 5.75 Å². The number of fused-ring (bicyclic) bond motifs is 1. The minimum absolute atomic E-state index is 0.0375. The molecule has 1 saturated carbocycles. The quantitative estimate of drug-likeness (QED) is 0.818. The maximum absolute atomic E-state index is 11.4. The number of anilines is 1. The van der Waals surface area contributed by atoms with E-state index in [1.807, 2.05) is 30.3 Å². The van der Waals surface area contributed by atoms with Crippen molar-refractivity contribution in [3.63, 3.8) is 0 Å². The Kier molecular flexibility index (Phi) is 4.34. The maximum atomic E-state index is 11.4. The summed E-state index contributed by atoms with van der Waals surface area (Å²) in [5, 5.41) is 13.8. The van der Waals surface area contributed by atoms with Gasteiger partial charge in [0.15, 0.2) is 6.61 Å². The molecule has 2 fully saturated rings. The molecule has 2 heterocycles. The van der Waals surface area contributed by atoms with Crippen LogP contribution in [0.3, 0.4) is 0 Å². The SMILES string of the molecule is O=C1COc2cc(Cc3cc([C@H]4C[C@@H](O)CC5(CC5)O4)ccc3Cl)ccc2N1. The molecule has 2 N–H and O–H groups in total. The average molecular weight is 400 g/mol. The molecule has 5 nitrogen and oxygen atoms in total. The van der Waals surface area contributed by atoms with Crippen molar-refractivity contribution >= 4 is 23.2 Å². The number of benzene rings is 2. The lowest BCUT2D eigenvalue weighted by atomic mass is 9.93. The van der Waals surface area contributed by atoms with Crippen molar-refractivity contribution in [2.75, 3.05) is 11.9 Å². The van der Waals surface area contributed by atoms with E-state index >= 15 is 0 Å². The highest BCUT2D eigenvalue weighted by Crippen LogP contribution is 2.51. The van der Waals surface area contributed by atoms with Crippen LogP contribution in [0.5, 0.6) is 5.75 Å². The Morgan fingerprint density at radius 3 is 2.89 bits per heavy atom. The van der Waals surface area contributed by atoms with Crippen molar-refractivity contribution in [2.45, 2.75) is 49.9 Å². The molecule has 28 heavy (non-hydrogen) atoms. The van der Waals surface area contributed by atoms with Crippen molar-refractivity contribution in [3.8, 4) is 5.75 Å². The molecule has 6 heteroatoms. The van der Waals surface area contributed by atoms with Crippen LogP contribution in [0.15, 0.2) is 36.4 Å². The van der Waals surface area contributed by atoms with Crippen LogP contribution in [0.4, 0.5) is 5.69 Å². The van der Waals surface area contributed by atoms with Crippen LogP contribution in [-0.4, -0.2) is 29.3 Å². The Bertz CT molecular complexity index is 940. The van der Waals surface area contributed by atoms with Crippen LogP contribution in [0, 0.1) is 0 Å². The van der Waals surface area contributed by atoms with Gasteiger partial charge in [-0.05, 0) is 54.2 Å². The Morgan fingerprint density at radius 1 is 1.21 bits per heavy atom. The molecule has 1 spiro atoms. The van der Waals surface area contributed by atoms with Gasteiger partial charge in [-0.25, -0.2) is 0 Å². The zero-order valence-electron chi connectivity index (χ0n) is 15.4. The molecule has 2 aromatic rings. The van der Waals surface area contributed by atoms with E-state index in [1.54, 1.807) is 0 Å². The summed E-state index contributed by atoms with van der Waals surface area (Å²) in [5.74, 6) is 0.540. The van der Waals surface area contributed by atoms with E-state index in [1.165, 1.54) is 0 Å². The van der Waals surface area contributed by atoms with Gasteiger partial charge in [0, 0.05) is 17.9 Å². The number of aliphatic hydroxyl groups is 1. The van der Waals surface area contributed by atoms with Gasteiger partial charge in [-0.2, -0.15) is 0 Å². The average Bonchev–Trinajstić information content (AvgIpc) is 3.41. The smallest absolute Gasteiger partial charge is 0.262 e. The Labute approximate surface area is 168 Å². The molecule has 0 unspecified atom stereocenters. The van der Waals surface area contributed by atoms with Gasteiger partial charge in [0.05, 0.1) is 23.5 Å². The van der Waals surface area contributed by atoms with Gasteiger partial charge in [0.25, 0.3) is 5.91 Å². The minimum Gasteiger partial charge on any atom is -0.482 e. The lowest BCUT2D eigenvalue weighted by Gasteiger charge is -2.34. The van der Waals surface area contributed by atoms with Crippen LogP contribution in [-0.2, 0) is 16.0 Å². The molecule has 2 aromatic carbocycles. The third-order valence-corrected chi connectivity index (χ3v) is 6.18. The first-order valence-electron chi connectivity index (χ1n) is 9.69.